The van der Waals surface area contributed by atoms with Crippen molar-refractivity contribution in [3.05, 3.63) is 94.9 Å². The highest BCUT2D eigenvalue weighted by Gasteiger charge is 2.26. The number of allylic oxidation sites excluding steroid dienone is 1. The van der Waals surface area contributed by atoms with Crippen molar-refractivity contribution in [2.75, 3.05) is 6.54 Å². The van der Waals surface area contributed by atoms with Gasteiger partial charge in [-0.3, -0.25) is 9.98 Å². The number of hydrogen-bond donors (Lipinski definition) is 0. The Labute approximate surface area is 184 Å². The largest absolute Gasteiger partial charge is 0.283 e. The summed E-state index contributed by atoms with van der Waals surface area (Å²) in [6.07, 6.45) is 1.02. The molecule has 0 spiro atoms. The van der Waals surface area contributed by atoms with Crippen LogP contribution < -0.4 is 0 Å². The van der Waals surface area contributed by atoms with E-state index >= 15 is 0 Å². The first-order chi connectivity index (χ1) is 14.8. The minimum atomic E-state index is 0.811. The fourth-order valence-electron chi connectivity index (χ4n) is 3.32. The fourth-order valence-corrected chi connectivity index (χ4v) is 4.51. The summed E-state index contributed by atoms with van der Waals surface area (Å²) >= 11 is 1.74. The molecule has 0 saturated carbocycles. The predicted octanol–water partition coefficient (Wildman–Crippen LogP) is 7.75. The Balaban J connectivity index is 0.00000124. The number of fused-ring (bicyclic) bond motifs is 1. The summed E-state index contributed by atoms with van der Waals surface area (Å²) in [6, 6.07) is 27.4. The zero-order chi connectivity index (χ0) is 21.3. The molecule has 3 heteroatoms. The van der Waals surface area contributed by atoms with Crippen molar-refractivity contribution in [1.29, 1.82) is 0 Å². The first kappa shape index (κ1) is 21.8. The van der Waals surface area contributed by atoms with Crippen molar-refractivity contribution in [2.24, 2.45) is 9.98 Å². The first-order valence-corrected chi connectivity index (χ1v) is 11.3. The molecule has 2 nitrogen and oxygen atoms in total. The zero-order valence-corrected chi connectivity index (χ0v) is 18.7. The lowest BCUT2D eigenvalue weighted by atomic mass is 10.0. The van der Waals surface area contributed by atoms with Crippen molar-refractivity contribution in [2.45, 2.75) is 32.1 Å². The standard InChI is InChI=1S/C25H22N2S.C2H6/c1-3-17-27-24-21-11-7-8-12-22(21)28-25(24)23(26-2)20-15-13-19(14-16-20)18-9-5-4-6-10-18;1-2/h4-16H,2-3,17H2,1H3;1-2H3/b25-23+,27-24?;. The van der Waals surface area contributed by atoms with Gasteiger partial charge in [-0.1, -0.05) is 105 Å². The van der Waals surface area contributed by atoms with Crippen LogP contribution in [0.3, 0.4) is 0 Å². The van der Waals surface area contributed by atoms with E-state index in [4.69, 9.17) is 4.99 Å². The molecule has 30 heavy (non-hydrogen) atoms. The van der Waals surface area contributed by atoms with Crippen LogP contribution in [0.1, 0.15) is 38.3 Å². The average Bonchev–Trinajstić information content (AvgIpc) is 3.18. The summed E-state index contributed by atoms with van der Waals surface area (Å²) < 4.78 is 0. The van der Waals surface area contributed by atoms with Gasteiger partial charge in [-0.2, -0.15) is 0 Å². The number of benzene rings is 3. The average molecular weight is 413 g/mol. The Morgan fingerprint density at radius 3 is 2.13 bits per heavy atom. The van der Waals surface area contributed by atoms with E-state index in [0.29, 0.717) is 0 Å². The molecular formula is C27H28N2S. The summed E-state index contributed by atoms with van der Waals surface area (Å²) in [4.78, 5) is 11.6. The molecule has 1 aliphatic heterocycles. The molecule has 0 atom stereocenters. The van der Waals surface area contributed by atoms with Gasteiger partial charge < -0.3 is 0 Å². The second-order valence-corrected chi connectivity index (χ2v) is 7.66. The molecule has 0 amide bonds. The van der Waals surface area contributed by atoms with Crippen LogP contribution in [-0.2, 0) is 0 Å². The van der Waals surface area contributed by atoms with Gasteiger partial charge in [-0.05, 0) is 30.3 Å². The molecule has 3 aromatic carbocycles. The zero-order valence-electron chi connectivity index (χ0n) is 17.9. The second kappa shape index (κ2) is 10.7. The van der Waals surface area contributed by atoms with Gasteiger partial charge in [-0.25, -0.2) is 0 Å². The van der Waals surface area contributed by atoms with E-state index in [1.807, 2.05) is 19.9 Å². The number of rotatable bonds is 5. The maximum Gasteiger partial charge on any atom is 0.0856 e. The Kier molecular flexibility index (Phi) is 7.81. The molecule has 0 saturated heterocycles. The van der Waals surface area contributed by atoms with Crippen LogP contribution in [0, 0.1) is 0 Å². The third kappa shape index (κ3) is 4.63. The molecular weight excluding hydrogens is 384 g/mol. The molecule has 3 aromatic rings. The molecule has 0 unspecified atom stereocenters. The van der Waals surface area contributed by atoms with Gasteiger partial charge in [-0.15, -0.1) is 0 Å². The summed E-state index contributed by atoms with van der Waals surface area (Å²) in [5, 5.41) is 0. The minimum absolute atomic E-state index is 0.811. The van der Waals surface area contributed by atoms with Gasteiger partial charge >= 0.3 is 0 Å². The van der Waals surface area contributed by atoms with Crippen LogP contribution in [0.15, 0.2) is 98.6 Å². The van der Waals surface area contributed by atoms with E-state index in [9.17, 15) is 0 Å². The number of aliphatic imine (C=N–C) groups is 2. The van der Waals surface area contributed by atoms with Gasteiger partial charge in [0.15, 0.2) is 0 Å². The second-order valence-electron chi connectivity index (χ2n) is 6.61. The fraction of sp³-hybridized carbons (Fsp3) is 0.185. The van der Waals surface area contributed by atoms with E-state index in [0.717, 1.165) is 34.8 Å². The maximum absolute atomic E-state index is 4.87. The smallest absolute Gasteiger partial charge is 0.0856 e. The van der Waals surface area contributed by atoms with E-state index in [1.54, 1.807) is 11.8 Å². The highest BCUT2D eigenvalue weighted by Crippen LogP contribution is 2.44. The summed E-state index contributed by atoms with van der Waals surface area (Å²) in [7, 11) is 0. The number of hydrogen-bond acceptors (Lipinski definition) is 3. The highest BCUT2D eigenvalue weighted by atomic mass is 32.2. The van der Waals surface area contributed by atoms with Crippen molar-refractivity contribution >= 4 is 29.9 Å². The van der Waals surface area contributed by atoms with E-state index in [-0.39, 0.29) is 0 Å². The number of thioether (sulfide) groups is 1. The van der Waals surface area contributed by atoms with E-state index in [1.165, 1.54) is 21.6 Å². The Bertz CT molecular complexity index is 1050. The molecule has 1 heterocycles. The summed E-state index contributed by atoms with van der Waals surface area (Å²) in [5.74, 6) is 0. The van der Waals surface area contributed by atoms with Gasteiger partial charge in [0, 0.05) is 22.6 Å². The van der Waals surface area contributed by atoms with Crippen molar-refractivity contribution in [3.8, 4) is 11.1 Å². The van der Waals surface area contributed by atoms with Crippen LogP contribution in [0.4, 0.5) is 0 Å². The Hall–Kier alpha value is -2.91. The monoisotopic (exact) mass is 412 g/mol. The molecule has 0 aromatic heterocycles. The van der Waals surface area contributed by atoms with Crippen molar-refractivity contribution in [3.63, 3.8) is 0 Å². The topological polar surface area (TPSA) is 24.7 Å². The van der Waals surface area contributed by atoms with Crippen LogP contribution in [0.5, 0.6) is 0 Å². The van der Waals surface area contributed by atoms with Crippen LogP contribution >= 0.6 is 11.8 Å². The summed E-state index contributed by atoms with van der Waals surface area (Å²) in [5.41, 5.74) is 6.60. The Morgan fingerprint density at radius 2 is 1.47 bits per heavy atom. The van der Waals surface area contributed by atoms with Crippen LogP contribution in [0.2, 0.25) is 0 Å². The first-order valence-electron chi connectivity index (χ1n) is 10.5. The molecule has 1 aliphatic rings. The van der Waals surface area contributed by atoms with Crippen LogP contribution in [-0.4, -0.2) is 19.0 Å². The molecule has 0 aliphatic carbocycles. The lowest BCUT2D eigenvalue weighted by Crippen LogP contribution is -2.01. The van der Waals surface area contributed by atoms with Gasteiger partial charge in [0.2, 0.25) is 0 Å². The predicted molar refractivity (Wildman–Crippen MR) is 134 cm³/mol. The third-order valence-corrected chi connectivity index (χ3v) is 5.87. The third-order valence-electron chi connectivity index (χ3n) is 4.70. The van der Waals surface area contributed by atoms with Gasteiger partial charge in [0.1, 0.15) is 0 Å². The normalized spacial score (nSPS) is 15.2. The van der Waals surface area contributed by atoms with Crippen molar-refractivity contribution < 1.29 is 0 Å². The molecule has 0 bridgehead atoms. The lowest BCUT2D eigenvalue weighted by Gasteiger charge is -2.09. The molecule has 0 N–H and O–H groups in total. The summed E-state index contributed by atoms with van der Waals surface area (Å²) in [6.45, 7) is 10.8. The molecule has 0 radical (unpaired) electrons. The van der Waals surface area contributed by atoms with Crippen LogP contribution in [0.25, 0.3) is 16.8 Å². The SMILES string of the molecule is C=N/C(=C1/Sc2ccccc2C1=NCCC)c1ccc(-c2ccccc2)cc1.CC. The van der Waals surface area contributed by atoms with E-state index in [2.05, 4.69) is 91.4 Å². The maximum atomic E-state index is 4.87. The molecule has 4 rings (SSSR count). The Morgan fingerprint density at radius 1 is 0.833 bits per heavy atom. The quantitative estimate of drug-likeness (QED) is 0.393. The van der Waals surface area contributed by atoms with Gasteiger partial charge in [0.25, 0.3) is 0 Å². The van der Waals surface area contributed by atoms with Gasteiger partial charge in [0.05, 0.1) is 16.3 Å². The van der Waals surface area contributed by atoms with E-state index < -0.39 is 0 Å². The minimum Gasteiger partial charge on any atom is -0.283 e. The van der Waals surface area contributed by atoms with Crippen molar-refractivity contribution in [1.82, 2.24) is 0 Å². The molecule has 152 valence electrons. The molecule has 0 fully saturated rings. The number of nitrogens with zero attached hydrogens (tertiary/aromatic N) is 2. The lowest BCUT2D eigenvalue weighted by molar-refractivity contribution is 0.933. The highest BCUT2D eigenvalue weighted by molar-refractivity contribution is 8.05.